The van der Waals surface area contributed by atoms with Gasteiger partial charge in [-0.1, -0.05) is 175 Å². The molecule has 0 aliphatic carbocycles. The molecule has 0 radical (unpaired) electrons. The molecule has 0 bridgehead atoms. The van der Waals surface area contributed by atoms with Gasteiger partial charge in [0.2, 0.25) is 0 Å². The van der Waals surface area contributed by atoms with Gasteiger partial charge in [-0.25, -0.2) is 0 Å². The van der Waals surface area contributed by atoms with Crippen LogP contribution in [0.5, 0.6) is 0 Å². The number of carbonyl (C=O) groups is 2. The van der Waals surface area contributed by atoms with Crippen LogP contribution in [-0.2, 0) is 19.1 Å². The minimum atomic E-state index is -0.0170. The maximum atomic E-state index is 13.5. The van der Waals surface area contributed by atoms with Gasteiger partial charge in [-0.15, -0.1) is 0 Å². The van der Waals surface area contributed by atoms with E-state index in [0.29, 0.717) is 13.0 Å². The van der Waals surface area contributed by atoms with Crippen molar-refractivity contribution >= 4 is 11.9 Å². The van der Waals surface area contributed by atoms with Gasteiger partial charge in [0.05, 0.1) is 12.5 Å². The fourth-order valence-electron chi connectivity index (χ4n) is 7.87. The molecule has 1 atom stereocenters. The Morgan fingerprint density at radius 3 is 1.36 bits per heavy atom. The quantitative estimate of drug-likeness (QED) is 0.0490. The molecule has 6 nitrogen and oxygen atoms in total. The first-order valence-corrected chi connectivity index (χ1v) is 24.7. The first-order chi connectivity index (χ1) is 27.0. The van der Waals surface area contributed by atoms with Crippen LogP contribution in [0.1, 0.15) is 259 Å². The van der Waals surface area contributed by atoms with Crippen molar-refractivity contribution in [2.45, 2.75) is 265 Å². The Labute approximate surface area is 343 Å². The third-order valence-electron chi connectivity index (χ3n) is 11.5. The maximum absolute atomic E-state index is 13.5. The second kappa shape index (κ2) is 44.0. The van der Waals surface area contributed by atoms with Crippen LogP contribution in [0.25, 0.3) is 0 Å². The fraction of sp³-hybridized carbons (Fsp3) is 0.959. The highest BCUT2D eigenvalue weighted by Gasteiger charge is 2.22. The Morgan fingerprint density at radius 1 is 0.455 bits per heavy atom. The van der Waals surface area contributed by atoms with Gasteiger partial charge in [-0.2, -0.15) is 0 Å². The summed E-state index contributed by atoms with van der Waals surface area (Å²) < 4.78 is 11.8. The zero-order chi connectivity index (χ0) is 40.3. The lowest BCUT2D eigenvalue weighted by Crippen LogP contribution is -2.27. The molecule has 0 saturated heterocycles. The molecule has 0 saturated carbocycles. The third-order valence-corrected chi connectivity index (χ3v) is 11.5. The Bertz CT molecular complexity index is 775. The third kappa shape index (κ3) is 38.2. The number of unbranched alkanes of at least 4 members (excludes halogenated alkanes) is 24. The molecular weight excluding hydrogens is 683 g/mol. The average Bonchev–Trinajstić information content (AvgIpc) is 3.18. The van der Waals surface area contributed by atoms with Crippen molar-refractivity contribution in [3.8, 4) is 0 Å². The Morgan fingerprint density at radius 2 is 0.873 bits per heavy atom. The number of esters is 2. The lowest BCUT2D eigenvalue weighted by molar-refractivity contribution is -0.155. The van der Waals surface area contributed by atoms with E-state index in [0.717, 1.165) is 96.7 Å². The molecule has 0 aliphatic heterocycles. The number of rotatable bonds is 45. The van der Waals surface area contributed by atoms with Crippen molar-refractivity contribution < 1.29 is 24.2 Å². The lowest BCUT2D eigenvalue weighted by atomic mass is 9.95. The van der Waals surface area contributed by atoms with Gasteiger partial charge in [0, 0.05) is 13.0 Å². The van der Waals surface area contributed by atoms with Crippen molar-refractivity contribution in [1.82, 2.24) is 4.90 Å². The zero-order valence-corrected chi connectivity index (χ0v) is 37.7. The summed E-state index contributed by atoms with van der Waals surface area (Å²) in [4.78, 5) is 28.1. The Balaban J connectivity index is 4.40. The van der Waals surface area contributed by atoms with E-state index in [1.807, 2.05) is 0 Å². The highest BCUT2D eigenvalue weighted by Crippen LogP contribution is 2.23. The van der Waals surface area contributed by atoms with Crippen LogP contribution < -0.4 is 0 Å². The summed E-state index contributed by atoms with van der Waals surface area (Å²) in [5.74, 6) is 0.119. The second-order valence-corrected chi connectivity index (χ2v) is 17.0. The molecule has 328 valence electrons. The summed E-state index contributed by atoms with van der Waals surface area (Å²) in [5, 5.41) is 9.33. The topological polar surface area (TPSA) is 76.1 Å². The number of hydrogen-bond acceptors (Lipinski definition) is 6. The molecule has 0 aromatic heterocycles. The molecule has 0 spiro atoms. The highest BCUT2D eigenvalue weighted by molar-refractivity contribution is 5.72. The predicted octanol–water partition coefficient (Wildman–Crippen LogP) is 14.5. The largest absolute Gasteiger partial charge is 0.466 e. The van der Waals surface area contributed by atoms with Gasteiger partial charge in [0.15, 0.2) is 0 Å². The minimum Gasteiger partial charge on any atom is -0.466 e. The van der Waals surface area contributed by atoms with E-state index in [2.05, 4.69) is 32.6 Å². The standard InChI is InChI=1S/C49H97NO5/c1-5-9-12-15-18-22-30-40-48(52)54-45-35-26-19-24-31-41-50(43-33-34-44-51)42-32-25-23-27-37-46(36-8-4)49(53)55-47(38-28-20-16-13-10-6-2)39-29-21-17-14-11-7-3/h46-47,51H,5-45H2,1-4H3. The summed E-state index contributed by atoms with van der Waals surface area (Å²) in [6.07, 6.45) is 42.0. The van der Waals surface area contributed by atoms with Gasteiger partial charge in [-0.05, 0) is 96.7 Å². The summed E-state index contributed by atoms with van der Waals surface area (Å²) >= 11 is 0. The molecular formula is C49H97NO5. The van der Waals surface area contributed by atoms with E-state index >= 15 is 0 Å². The van der Waals surface area contributed by atoms with E-state index in [9.17, 15) is 14.7 Å². The number of aliphatic hydroxyl groups excluding tert-OH is 1. The Hall–Kier alpha value is -1.14. The van der Waals surface area contributed by atoms with Crippen LogP contribution in [-0.4, -0.2) is 60.9 Å². The summed E-state index contributed by atoms with van der Waals surface area (Å²) in [7, 11) is 0. The number of aliphatic hydroxyl groups is 1. The van der Waals surface area contributed by atoms with E-state index in [4.69, 9.17) is 9.47 Å². The summed E-state index contributed by atoms with van der Waals surface area (Å²) in [6.45, 7) is 13.1. The molecule has 1 unspecified atom stereocenters. The van der Waals surface area contributed by atoms with E-state index in [1.165, 1.54) is 148 Å². The van der Waals surface area contributed by atoms with Crippen molar-refractivity contribution in [3.63, 3.8) is 0 Å². The number of hydrogen-bond donors (Lipinski definition) is 1. The first-order valence-electron chi connectivity index (χ1n) is 24.7. The molecule has 1 N–H and O–H groups in total. The summed E-state index contributed by atoms with van der Waals surface area (Å²) in [5.41, 5.74) is 0. The molecule has 0 amide bonds. The molecule has 0 rings (SSSR count). The van der Waals surface area contributed by atoms with Crippen LogP contribution >= 0.6 is 0 Å². The van der Waals surface area contributed by atoms with Crippen LogP contribution in [0.2, 0.25) is 0 Å². The minimum absolute atomic E-state index is 0.0170. The van der Waals surface area contributed by atoms with Gasteiger partial charge < -0.3 is 19.5 Å². The smallest absolute Gasteiger partial charge is 0.309 e. The number of nitrogens with zero attached hydrogens (tertiary/aromatic N) is 1. The molecule has 6 heteroatoms. The zero-order valence-electron chi connectivity index (χ0n) is 37.7. The average molecular weight is 780 g/mol. The maximum Gasteiger partial charge on any atom is 0.309 e. The fourth-order valence-corrected chi connectivity index (χ4v) is 7.87. The van der Waals surface area contributed by atoms with Gasteiger partial charge >= 0.3 is 11.9 Å². The second-order valence-electron chi connectivity index (χ2n) is 17.0. The molecule has 0 fully saturated rings. The normalized spacial score (nSPS) is 12.2. The monoisotopic (exact) mass is 780 g/mol. The first kappa shape index (κ1) is 53.9. The molecule has 0 aromatic carbocycles. The van der Waals surface area contributed by atoms with E-state index in [-0.39, 0.29) is 30.6 Å². The lowest BCUT2D eigenvalue weighted by Gasteiger charge is -2.23. The van der Waals surface area contributed by atoms with Crippen molar-refractivity contribution in [1.29, 1.82) is 0 Å². The van der Waals surface area contributed by atoms with Crippen LogP contribution in [0.4, 0.5) is 0 Å². The van der Waals surface area contributed by atoms with E-state index < -0.39 is 0 Å². The molecule has 0 aromatic rings. The van der Waals surface area contributed by atoms with Crippen molar-refractivity contribution in [2.75, 3.05) is 32.8 Å². The molecule has 0 aliphatic rings. The molecule has 0 heterocycles. The Kier molecular flexibility index (Phi) is 43.1. The van der Waals surface area contributed by atoms with Gasteiger partial charge in [-0.3, -0.25) is 9.59 Å². The van der Waals surface area contributed by atoms with Crippen LogP contribution in [0, 0.1) is 5.92 Å². The summed E-state index contributed by atoms with van der Waals surface area (Å²) in [6, 6.07) is 0. The van der Waals surface area contributed by atoms with Crippen LogP contribution in [0.15, 0.2) is 0 Å². The van der Waals surface area contributed by atoms with Crippen molar-refractivity contribution in [3.05, 3.63) is 0 Å². The highest BCUT2D eigenvalue weighted by atomic mass is 16.5. The predicted molar refractivity (Wildman–Crippen MR) is 237 cm³/mol. The van der Waals surface area contributed by atoms with Crippen LogP contribution in [0.3, 0.4) is 0 Å². The number of ether oxygens (including phenoxy) is 2. The SMILES string of the molecule is CCCCCCCCCC(=O)OCCCCCCCN(CCCCO)CCCCCCC(CCC)C(=O)OC(CCCCCCCC)CCCCCCCC. The van der Waals surface area contributed by atoms with Crippen molar-refractivity contribution in [2.24, 2.45) is 5.92 Å². The number of carbonyl (C=O) groups excluding carboxylic acids is 2. The molecule has 55 heavy (non-hydrogen) atoms. The van der Waals surface area contributed by atoms with E-state index in [1.54, 1.807) is 0 Å². The van der Waals surface area contributed by atoms with Gasteiger partial charge in [0.25, 0.3) is 0 Å². The van der Waals surface area contributed by atoms with Gasteiger partial charge in [0.1, 0.15) is 6.10 Å².